The molecule has 0 aliphatic carbocycles. The van der Waals surface area contributed by atoms with Crippen molar-refractivity contribution in [3.8, 4) is 5.75 Å². The molecule has 3 aromatic rings. The van der Waals surface area contributed by atoms with Crippen LogP contribution in [0.5, 0.6) is 5.75 Å². The van der Waals surface area contributed by atoms with E-state index in [2.05, 4.69) is 5.32 Å². The van der Waals surface area contributed by atoms with Gasteiger partial charge in [-0.25, -0.2) is 0 Å². The lowest BCUT2D eigenvalue weighted by atomic mass is 9.95. The number of benzene rings is 3. The number of hydrogen-bond acceptors (Lipinski definition) is 4. The van der Waals surface area contributed by atoms with Gasteiger partial charge in [-0.3, -0.25) is 9.59 Å². The Morgan fingerprint density at radius 1 is 1.00 bits per heavy atom. The number of para-hydroxylation sites is 1. The SMILES string of the molecule is COc1ccc(Cl)cc1C(=O)N1CCC(C(=O)Nc2ccccc2Sc2ccccc2)CC1. The average Bonchev–Trinajstić information content (AvgIpc) is 2.85. The largest absolute Gasteiger partial charge is 0.496 e. The molecule has 0 spiro atoms. The van der Waals surface area contributed by atoms with Crippen LogP contribution in [0.25, 0.3) is 0 Å². The third-order valence-electron chi connectivity index (χ3n) is 5.66. The van der Waals surface area contributed by atoms with Crippen LogP contribution < -0.4 is 10.1 Å². The fourth-order valence-electron chi connectivity index (χ4n) is 3.87. The highest BCUT2D eigenvalue weighted by Gasteiger charge is 2.29. The maximum Gasteiger partial charge on any atom is 0.257 e. The Balaban J connectivity index is 1.38. The highest BCUT2D eigenvalue weighted by atomic mass is 35.5. The Bertz CT molecular complexity index is 1130. The van der Waals surface area contributed by atoms with Gasteiger partial charge in [-0.05, 0) is 55.3 Å². The number of hydrogen-bond donors (Lipinski definition) is 1. The van der Waals surface area contributed by atoms with Crippen molar-refractivity contribution in [2.45, 2.75) is 22.6 Å². The van der Waals surface area contributed by atoms with Crippen LogP contribution >= 0.6 is 23.4 Å². The van der Waals surface area contributed by atoms with Crippen LogP contribution in [0.4, 0.5) is 5.69 Å². The summed E-state index contributed by atoms with van der Waals surface area (Å²) in [7, 11) is 1.53. The lowest BCUT2D eigenvalue weighted by molar-refractivity contribution is -0.121. The van der Waals surface area contributed by atoms with E-state index in [1.165, 1.54) is 7.11 Å². The van der Waals surface area contributed by atoms with Gasteiger partial charge in [-0.1, -0.05) is 53.7 Å². The molecule has 1 aliphatic heterocycles. The minimum absolute atomic E-state index is 0.0106. The number of piperidine rings is 1. The van der Waals surface area contributed by atoms with E-state index >= 15 is 0 Å². The standard InChI is InChI=1S/C26H25ClN2O3S/c1-32-23-12-11-19(27)17-21(23)26(31)29-15-13-18(14-16-29)25(30)28-22-9-5-6-10-24(22)33-20-7-3-2-4-8-20/h2-12,17-18H,13-16H2,1H3,(H,28,30). The van der Waals surface area contributed by atoms with E-state index in [1.807, 2.05) is 54.6 Å². The van der Waals surface area contributed by atoms with Crippen LogP contribution in [0, 0.1) is 5.92 Å². The van der Waals surface area contributed by atoms with Crippen molar-refractivity contribution in [1.82, 2.24) is 4.90 Å². The van der Waals surface area contributed by atoms with Crippen LogP contribution in [0.1, 0.15) is 23.2 Å². The monoisotopic (exact) mass is 480 g/mol. The highest BCUT2D eigenvalue weighted by Crippen LogP contribution is 2.34. The third-order valence-corrected chi connectivity index (χ3v) is 6.98. The number of nitrogens with zero attached hydrogens (tertiary/aromatic N) is 1. The van der Waals surface area contributed by atoms with Gasteiger partial charge in [0, 0.05) is 33.8 Å². The van der Waals surface area contributed by atoms with Gasteiger partial charge in [0.05, 0.1) is 18.4 Å². The van der Waals surface area contributed by atoms with Crippen LogP contribution in [0.15, 0.2) is 82.6 Å². The Morgan fingerprint density at radius 2 is 1.70 bits per heavy atom. The number of methoxy groups -OCH3 is 1. The molecule has 4 rings (SSSR count). The smallest absolute Gasteiger partial charge is 0.257 e. The van der Waals surface area contributed by atoms with Crippen molar-refractivity contribution >= 4 is 40.9 Å². The van der Waals surface area contributed by atoms with Gasteiger partial charge in [-0.2, -0.15) is 0 Å². The summed E-state index contributed by atoms with van der Waals surface area (Å²) in [5.41, 5.74) is 1.25. The van der Waals surface area contributed by atoms with E-state index in [-0.39, 0.29) is 17.7 Å². The third kappa shape index (κ3) is 5.70. The molecule has 0 aromatic heterocycles. The molecule has 170 valence electrons. The maximum atomic E-state index is 13.0. The summed E-state index contributed by atoms with van der Waals surface area (Å²) in [5.74, 6) is 0.211. The van der Waals surface area contributed by atoms with Crippen molar-refractivity contribution in [2.24, 2.45) is 5.92 Å². The Kier molecular flexibility index (Phi) is 7.57. The van der Waals surface area contributed by atoms with Crippen molar-refractivity contribution in [3.63, 3.8) is 0 Å². The van der Waals surface area contributed by atoms with Crippen molar-refractivity contribution < 1.29 is 14.3 Å². The highest BCUT2D eigenvalue weighted by molar-refractivity contribution is 7.99. The molecule has 2 amide bonds. The van der Waals surface area contributed by atoms with Gasteiger partial charge in [0.25, 0.3) is 5.91 Å². The molecule has 1 fully saturated rings. The quantitative estimate of drug-likeness (QED) is 0.470. The number of halogens is 1. The van der Waals surface area contributed by atoms with Gasteiger partial charge < -0.3 is 15.0 Å². The topological polar surface area (TPSA) is 58.6 Å². The first-order valence-electron chi connectivity index (χ1n) is 10.8. The molecule has 0 atom stereocenters. The van der Waals surface area contributed by atoms with Gasteiger partial charge in [-0.15, -0.1) is 0 Å². The minimum atomic E-state index is -0.148. The number of anilines is 1. The van der Waals surface area contributed by atoms with E-state index in [4.69, 9.17) is 16.3 Å². The predicted octanol–water partition coefficient (Wildman–Crippen LogP) is 5.99. The number of carbonyl (C=O) groups is 2. The van der Waals surface area contributed by atoms with Crippen LogP contribution in [0.2, 0.25) is 5.02 Å². The molecule has 5 nitrogen and oxygen atoms in total. The number of nitrogens with one attached hydrogen (secondary N) is 1. The molecule has 33 heavy (non-hydrogen) atoms. The molecule has 0 radical (unpaired) electrons. The summed E-state index contributed by atoms with van der Waals surface area (Å²) in [6.07, 6.45) is 1.21. The predicted molar refractivity (Wildman–Crippen MR) is 132 cm³/mol. The van der Waals surface area contributed by atoms with Crippen molar-refractivity contribution in [3.05, 3.63) is 83.4 Å². The van der Waals surface area contributed by atoms with Crippen LogP contribution in [-0.2, 0) is 4.79 Å². The van der Waals surface area contributed by atoms with Gasteiger partial charge >= 0.3 is 0 Å². The van der Waals surface area contributed by atoms with Crippen molar-refractivity contribution in [1.29, 1.82) is 0 Å². The average molecular weight is 481 g/mol. The fraction of sp³-hybridized carbons (Fsp3) is 0.231. The summed E-state index contributed by atoms with van der Waals surface area (Å²) in [4.78, 5) is 29.9. The zero-order valence-corrected chi connectivity index (χ0v) is 19.9. The molecular formula is C26H25ClN2O3S. The van der Waals surface area contributed by atoms with Crippen molar-refractivity contribution in [2.75, 3.05) is 25.5 Å². The lowest BCUT2D eigenvalue weighted by Crippen LogP contribution is -2.41. The first-order chi connectivity index (χ1) is 16.0. The number of carbonyl (C=O) groups excluding carboxylic acids is 2. The first-order valence-corrected chi connectivity index (χ1v) is 12.0. The second kappa shape index (κ2) is 10.8. The van der Waals surface area contributed by atoms with Crippen LogP contribution in [0.3, 0.4) is 0 Å². The Morgan fingerprint density at radius 3 is 2.42 bits per heavy atom. The molecular weight excluding hydrogens is 456 g/mol. The van der Waals surface area contributed by atoms with E-state index in [0.717, 1.165) is 15.5 Å². The molecule has 7 heteroatoms. The molecule has 1 saturated heterocycles. The molecule has 1 aliphatic rings. The van der Waals surface area contributed by atoms with E-state index in [1.54, 1.807) is 34.9 Å². The summed E-state index contributed by atoms with van der Waals surface area (Å²) >= 11 is 7.70. The molecule has 3 aromatic carbocycles. The first kappa shape index (κ1) is 23.2. The minimum Gasteiger partial charge on any atom is -0.496 e. The lowest BCUT2D eigenvalue weighted by Gasteiger charge is -2.31. The van der Waals surface area contributed by atoms with Gasteiger partial charge in [0.15, 0.2) is 0 Å². The Hall–Kier alpha value is -2.96. The van der Waals surface area contributed by atoms with E-state index in [9.17, 15) is 9.59 Å². The van der Waals surface area contributed by atoms with Crippen LogP contribution in [-0.4, -0.2) is 36.9 Å². The molecule has 0 bridgehead atoms. The summed E-state index contributed by atoms with van der Waals surface area (Å²) in [6.45, 7) is 1.01. The number of amides is 2. The number of ether oxygens (including phenoxy) is 1. The van der Waals surface area contributed by atoms with Gasteiger partial charge in [0.1, 0.15) is 5.75 Å². The fourth-order valence-corrected chi connectivity index (χ4v) is 4.97. The zero-order chi connectivity index (χ0) is 23.2. The molecule has 1 N–H and O–H groups in total. The summed E-state index contributed by atoms with van der Waals surface area (Å²) < 4.78 is 5.32. The summed E-state index contributed by atoms with van der Waals surface area (Å²) in [5, 5.41) is 3.59. The van der Waals surface area contributed by atoms with E-state index < -0.39 is 0 Å². The van der Waals surface area contributed by atoms with Gasteiger partial charge in [0.2, 0.25) is 5.91 Å². The number of likely N-dealkylation sites (tertiary alicyclic amines) is 1. The molecule has 0 unspecified atom stereocenters. The second-order valence-electron chi connectivity index (χ2n) is 7.81. The Labute approximate surface area is 203 Å². The molecule has 1 heterocycles. The zero-order valence-electron chi connectivity index (χ0n) is 18.3. The van der Waals surface area contributed by atoms with E-state index in [0.29, 0.717) is 42.3 Å². The molecule has 0 saturated carbocycles. The normalized spacial score (nSPS) is 14.1. The number of rotatable bonds is 6. The summed E-state index contributed by atoms with van der Waals surface area (Å²) in [6, 6.07) is 22.9. The second-order valence-corrected chi connectivity index (χ2v) is 9.36. The maximum absolute atomic E-state index is 13.0.